The summed E-state index contributed by atoms with van der Waals surface area (Å²) in [7, 11) is 1.73. The van der Waals surface area contributed by atoms with Crippen LogP contribution in [0.25, 0.3) is 0 Å². The third-order valence-corrected chi connectivity index (χ3v) is 1.62. The quantitative estimate of drug-likeness (QED) is 0.450. The molecule has 0 amide bonds. The minimum absolute atomic E-state index is 0.0417. The van der Waals surface area contributed by atoms with Crippen LogP contribution in [0.1, 0.15) is 13.8 Å². The van der Waals surface area contributed by atoms with Gasteiger partial charge in [-0.1, -0.05) is 0 Å². The molecule has 1 atom stereocenters. The maximum absolute atomic E-state index is 5.07. The highest BCUT2D eigenvalue weighted by Crippen LogP contribution is 2.35. The molecule has 1 unspecified atom stereocenters. The monoisotopic (exact) mass is 98.1 g/mol. The molecule has 1 aliphatic carbocycles. The molecule has 1 nitrogen and oxygen atoms in total. The van der Waals surface area contributed by atoms with E-state index in [4.69, 9.17) is 4.74 Å². The van der Waals surface area contributed by atoms with Crippen LogP contribution in [0.2, 0.25) is 0 Å². The fourth-order valence-electron chi connectivity index (χ4n) is 0.597. The molecule has 0 heterocycles. The summed E-state index contributed by atoms with van der Waals surface area (Å²) >= 11 is 0. The summed E-state index contributed by atoms with van der Waals surface area (Å²) in [5, 5.41) is 0. The molecule has 1 aliphatic rings. The Morgan fingerprint density at radius 1 is 1.71 bits per heavy atom. The first kappa shape index (κ1) is 4.85. The van der Waals surface area contributed by atoms with Crippen LogP contribution >= 0.6 is 0 Å². The molecule has 0 bridgehead atoms. The van der Waals surface area contributed by atoms with E-state index in [9.17, 15) is 0 Å². The molecule has 0 aromatic rings. The Bertz CT molecular complexity index is 115. The minimum atomic E-state index is 0.0417. The molecule has 0 fully saturated rings. The molecule has 0 N–H and O–H groups in total. The van der Waals surface area contributed by atoms with E-state index in [0.717, 1.165) is 0 Å². The second-order valence-corrected chi connectivity index (χ2v) is 2.14. The van der Waals surface area contributed by atoms with Crippen LogP contribution in [0.5, 0.6) is 0 Å². The Hall–Kier alpha value is -0.300. The van der Waals surface area contributed by atoms with Gasteiger partial charge >= 0.3 is 0 Å². The van der Waals surface area contributed by atoms with Crippen molar-refractivity contribution in [3.8, 4) is 0 Å². The Morgan fingerprint density at radius 3 is 2.14 bits per heavy atom. The fourth-order valence-corrected chi connectivity index (χ4v) is 0.597. The smallest absolute Gasteiger partial charge is 0.104 e. The second-order valence-electron chi connectivity index (χ2n) is 2.14. The van der Waals surface area contributed by atoms with E-state index in [2.05, 4.69) is 19.9 Å². The van der Waals surface area contributed by atoms with Crippen LogP contribution < -0.4 is 0 Å². The topological polar surface area (TPSA) is 9.23 Å². The van der Waals surface area contributed by atoms with Gasteiger partial charge in [-0.25, -0.2) is 0 Å². The first-order chi connectivity index (χ1) is 3.19. The lowest BCUT2D eigenvalue weighted by Gasteiger charge is -2.05. The van der Waals surface area contributed by atoms with Crippen molar-refractivity contribution < 1.29 is 4.74 Å². The van der Waals surface area contributed by atoms with Gasteiger partial charge in [0.1, 0.15) is 5.60 Å². The fraction of sp³-hybridized carbons (Fsp3) is 0.667. The third kappa shape index (κ3) is 0.570. The molecule has 0 saturated carbocycles. The van der Waals surface area contributed by atoms with E-state index < -0.39 is 0 Å². The first-order valence-electron chi connectivity index (χ1n) is 2.44. The SMILES string of the molecule is COC1(C)C=C1C. The highest BCUT2D eigenvalue weighted by Gasteiger charge is 2.34. The molecule has 0 saturated heterocycles. The number of hydrogen-bond acceptors (Lipinski definition) is 1. The summed E-state index contributed by atoms with van der Waals surface area (Å²) < 4.78 is 5.07. The molecule has 0 aromatic carbocycles. The van der Waals surface area contributed by atoms with Crippen molar-refractivity contribution in [1.29, 1.82) is 0 Å². The summed E-state index contributed by atoms with van der Waals surface area (Å²) in [6, 6.07) is 0. The Balaban J connectivity index is 2.43. The maximum Gasteiger partial charge on any atom is 0.104 e. The number of ether oxygens (including phenoxy) is 1. The summed E-state index contributed by atoms with van der Waals surface area (Å²) in [5.41, 5.74) is 1.38. The van der Waals surface area contributed by atoms with Crippen molar-refractivity contribution in [2.45, 2.75) is 19.4 Å². The molecule has 1 heteroatoms. The van der Waals surface area contributed by atoms with Crippen LogP contribution in [0.15, 0.2) is 11.6 Å². The van der Waals surface area contributed by atoms with E-state index in [1.165, 1.54) is 5.57 Å². The van der Waals surface area contributed by atoms with Gasteiger partial charge in [-0.2, -0.15) is 0 Å². The number of hydrogen-bond donors (Lipinski definition) is 0. The van der Waals surface area contributed by atoms with Gasteiger partial charge in [0.2, 0.25) is 0 Å². The highest BCUT2D eigenvalue weighted by molar-refractivity contribution is 5.38. The highest BCUT2D eigenvalue weighted by atomic mass is 16.5. The van der Waals surface area contributed by atoms with Crippen molar-refractivity contribution in [1.82, 2.24) is 0 Å². The lowest BCUT2D eigenvalue weighted by molar-refractivity contribution is 0.113. The molecular formula is C6H10O. The van der Waals surface area contributed by atoms with Crippen molar-refractivity contribution in [2.24, 2.45) is 0 Å². The first-order valence-corrected chi connectivity index (χ1v) is 2.44. The molecular weight excluding hydrogens is 88.1 g/mol. The average Bonchev–Trinajstić information content (AvgIpc) is 2.18. The van der Waals surface area contributed by atoms with Crippen LogP contribution in [-0.4, -0.2) is 12.7 Å². The van der Waals surface area contributed by atoms with Crippen molar-refractivity contribution in [3.05, 3.63) is 11.6 Å². The Morgan fingerprint density at radius 2 is 2.14 bits per heavy atom. The van der Waals surface area contributed by atoms with E-state index in [1.54, 1.807) is 7.11 Å². The van der Waals surface area contributed by atoms with Gasteiger partial charge in [-0.05, 0) is 25.5 Å². The summed E-state index contributed by atoms with van der Waals surface area (Å²) in [6.07, 6.45) is 2.10. The van der Waals surface area contributed by atoms with Gasteiger partial charge in [-0.15, -0.1) is 0 Å². The summed E-state index contributed by atoms with van der Waals surface area (Å²) in [4.78, 5) is 0. The zero-order valence-corrected chi connectivity index (χ0v) is 4.99. The zero-order valence-electron chi connectivity index (χ0n) is 4.99. The van der Waals surface area contributed by atoms with Crippen molar-refractivity contribution in [3.63, 3.8) is 0 Å². The van der Waals surface area contributed by atoms with E-state index in [0.29, 0.717) is 0 Å². The Labute approximate surface area is 44.0 Å². The molecule has 1 rings (SSSR count). The van der Waals surface area contributed by atoms with Crippen molar-refractivity contribution in [2.75, 3.05) is 7.11 Å². The van der Waals surface area contributed by atoms with E-state index in [-0.39, 0.29) is 5.60 Å². The van der Waals surface area contributed by atoms with Crippen LogP contribution in [0.3, 0.4) is 0 Å². The minimum Gasteiger partial charge on any atom is -0.370 e. The molecule has 7 heavy (non-hydrogen) atoms. The molecule has 0 spiro atoms. The van der Waals surface area contributed by atoms with Gasteiger partial charge in [0.05, 0.1) is 0 Å². The lowest BCUT2D eigenvalue weighted by Crippen LogP contribution is -2.08. The van der Waals surface area contributed by atoms with Gasteiger partial charge in [-0.3, -0.25) is 0 Å². The largest absolute Gasteiger partial charge is 0.370 e. The normalized spacial score (nSPS) is 37.9. The van der Waals surface area contributed by atoms with Gasteiger partial charge in [0.15, 0.2) is 0 Å². The maximum atomic E-state index is 5.07. The molecule has 40 valence electrons. The molecule has 0 radical (unpaired) electrons. The summed E-state index contributed by atoms with van der Waals surface area (Å²) in [5.74, 6) is 0. The van der Waals surface area contributed by atoms with Crippen LogP contribution in [-0.2, 0) is 4.74 Å². The molecule has 0 aliphatic heterocycles. The van der Waals surface area contributed by atoms with Gasteiger partial charge in [0.25, 0.3) is 0 Å². The zero-order chi connectivity index (χ0) is 5.49. The predicted molar refractivity (Wildman–Crippen MR) is 29.2 cm³/mol. The third-order valence-electron chi connectivity index (χ3n) is 1.62. The van der Waals surface area contributed by atoms with Crippen molar-refractivity contribution >= 4 is 0 Å². The van der Waals surface area contributed by atoms with Gasteiger partial charge < -0.3 is 4.74 Å². The lowest BCUT2D eigenvalue weighted by atomic mass is 10.3. The van der Waals surface area contributed by atoms with Crippen LogP contribution in [0, 0.1) is 0 Å². The predicted octanol–water partition coefficient (Wildman–Crippen LogP) is 1.35. The Kier molecular flexibility index (Phi) is 0.762. The van der Waals surface area contributed by atoms with E-state index in [1.807, 2.05) is 0 Å². The average molecular weight is 98.1 g/mol. The number of rotatable bonds is 1. The number of methoxy groups -OCH3 is 1. The standard InChI is InChI=1S/C6H10O/c1-5-4-6(5,2)7-3/h4H,1-3H3. The summed E-state index contributed by atoms with van der Waals surface area (Å²) in [6.45, 7) is 4.13. The van der Waals surface area contributed by atoms with Crippen LogP contribution in [0.4, 0.5) is 0 Å². The molecule has 0 aromatic heterocycles. The van der Waals surface area contributed by atoms with E-state index >= 15 is 0 Å². The second kappa shape index (κ2) is 1.10. The van der Waals surface area contributed by atoms with Gasteiger partial charge in [0, 0.05) is 7.11 Å².